The molecule has 2 rings (SSSR count). The van der Waals surface area contributed by atoms with Gasteiger partial charge in [0.05, 0.1) is 6.61 Å². The van der Waals surface area contributed by atoms with E-state index in [0.717, 1.165) is 0 Å². The second-order valence-electron chi connectivity index (χ2n) is 4.21. The quantitative estimate of drug-likeness (QED) is 0.815. The Hall–Kier alpha value is -0.630. The van der Waals surface area contributed by atoms with E-state index in [9.17, 15) is 18.0 Å². The lowest BCUT2D eigenvalue weighted by atomic mass is 10.2. The van der Waals surface area contributed by atoms with Crippen LogP contribution in [0, 0.1) is 0 Å². The first-order valence-electron chi connectivity index (χ1n) is 5.80. The van der Waals surface area contributed by atoms with E-state index in [1.165, 1.54) is 12.1 Å². The van der Waals surface area contributed by atoms with Crippen LogP contribution in [0.1, 0.15) is 0 Å². The van der Waals surface area contributed by atoms with Crippen LogP contribution in [0.25, 0.3) is 0 Å². The summed E-state index contributed by atoms with van der Waals surface area (Å²) in [6.45, 7) is -0.249. The van der Waals surface area contributed by atoms with Crippen molar-refractivity contribution in [3.8, 4) is 0 Å². The Morgan fingerprint density at radius 3 is 2.48 bits per heavy atom. The fourth-order valence-electron chi connectivity index (χ4n) is 1.76. The summed E-state index contributed by atoms with van der Waals surface area (Å²) < 4.78 is 41.7. The molecule has 1 aromatic carbocycles. The van der Waals surface area contributed by atoms with Gasteiger partial charge in [-0.1, -0.05) is 41.4 Å². The van der Waals surface area contributed by atoms with Crippen LogP contribution in [0.15, 0.2) is 30.3 Å². The molecule has 0 aliphatic carbocycles. The van der Waals surface area contributed by atoms with Crippen LogP contribution < -0.4 is 5.32 Å². The maximum atomic E-state index is 13.2. The number of nitrogens with one attached hydrogen (secondary N) is 1. The van der Waals surface area contributed by atoms with Crippen molar-refractivity contribution < 1.29 is 22.7 Å². The second kappa shape index (κ2) is 5.87. The summed E-state index contributed by atoms with van der Waals surface area (Å²) in [5, 5.41) is -0.965. The van der Waals surface area contributed by atoms with Crippen molar-refractivity contribution in [2.75, 3.05) is 17.7 Å². The summed E-state index contributed by atoms with van der Waals surface area (Å²) in [6, 6.07) is 8.00. The third kappa shape index (κ3) is 2.97. The highest BCUT2D eigenvalue weighted by Crippen LogP contribution is 2.56. The third-order valence-corrected chi connectivity index (χ3v) is 5.61. The molecule has 0 radical (unpaired) electrons. The molecule has 2 atom stereocenters. The van der Waals surface area contributed by atoms with Gasteiger partial charge in [-0.2, -0.15) is 13.2 Å². The SMILES string of the molecule is O=C(Nc1ccccc1)[C@@]1(Cl)SCCO[C@]1(Cl)C(F)(F)F. The van der Waals surface area contributed by atoms with Gasteiger partial charge >= 0.3 is 6.18 Å². The zero-order chi connectivity index (χ0) is 15.7. The van der Waals surface area contributed by atoms with E-state index in [0.29, 0.717) is 17.4 Å². The number of thioether (sulfide) groups is 1. The van der Waals surface area contributed by atoms with E-state index in [2.05, 4.69) is 10.1 Å². The van der Waals surface area contributed by atoms with Crippen LogP contribution in [-0.4, -0.2) is 33.7 Å². The minimum atomic E-state index is -5.00. The Kier molecular flexibility index (Phi) is 4.68. The van der Waals surface area contributed by atoms with Crippen molar-refractivity contribution >= 4 is 46.6 Å². The first kappa shape index (κ1) is 16.7. The molecule has 116 valence electrons. The summed E-state index contributed by atoms with van der Waals surface area (Å²) in [6.07, 6.45) is -5.00. The van der Waals surface area contributed by atoms with Crippen LogP contribution in [-0.2, 0) is 9.53 Å². The van der Waals surface area contributed by atoms with Gasteiger partial charge in [-0.3, -0.25) is 4.79 Å². The fraction of sp³-hybridized carbons (Fsp3) is 0.417. The number of ether oxygens (including phenoxy) is 1. The fourth-order valence-corrected chi connectivity index (χ4v) is 3.52. The van der Waals surface area contributed by atoms with E-state index in [4.69, 9.17) is 23.2 Å². The smallest absolute Gasteiger partial charge is 0.348 e. The summed E-state index contributed by atoms with van der Waals surface area (Å²) in [5.74, 6) is -0.955. The molecular formula is C12H10Cl2F3NO2S. The number of alkyl halides is 5. The molecule has 1 saturated heterocycles. The molecule has 1 amide bonds. The molecule has 1 heterocycles. The highest BCUT2D eigenvalue weighted by molar-refractivity contribution is 8.03. The van der Waals surface area contributed by atoms with Crippen molar-refractivity contribution in [3.05, 3.63) is 30.3 Å². The molecule has 21 heavy (non-hydrogen) atoms. The van der Waals surface area contributed by atoms with Gasteiger partial charge in [0.25, 0.3) is 11.0 Å². The number of para-hydroxylation sites is 1. The van der Waals surface area contributed by atoms with Crippen LogP contribution in [0.4, 0.5) is 18.9 Å². The summed E-state index contributed by atoms with van der Waals surface area (Å²) in [4.78, 5) is 12.2. The van der Waals surface area contributed by atoms with Crippen molar-refractivity contribution in [1.82, 2.24) is 0 Å². The predicted molar refractivity (Wildman–Crippen MR) is 76.7 cm³/mol. The average Bonchev–Trinajstić information content (AvgIpc) is 2.42. The van der Waals surface area contributed by atoms with E-state index < -0.39 is 21.3 Å². The predicted octanol–water partition coefficient (Wildman–Crippen LogP) is 3.82. The van der Waals surface area contributed by atoms with Gasteiger partial charge in [-0.05, 0) is 12.1 Å². The minimum absolute atomic E-state index is 0.121. The first-order chi connectivity index (χ1) is 9.71. The molecule has 0 spiro atoms. The number of hydrogen-bond acceptors (Lipinski definition) is 3. The van der Waals surface area contributed by atoms with Gasteiger partial charge < -0.3 is 10.1 Å². The van der Waals surface area contributed by atoms with Crippen molar-refractivity contribution in [1.29, 1.82) is 0 Å². The molecule has 9 heteroatoms. The molecule has 3 nitrogen and oxygen atoms in total. The van der Waals surface area contributed by atoms with Crippen molar-refractivity contribution in [3.63, 3.8) is 0 Å². The van der Waals surface area contributed by atoms with Crippen LogP contribution >= 0.6 is 35.0 Å². The lowest BCUT2D eigenvalue weighted by Crippen LogP contribution is -2.63. The maximum absolute atomic E-state index is 13.2. The lowest BCUT2D eigenvalue weighted by molar-refractivity contribution is -0.244. The highest BCUT2D eigenvalue weighted by Gasteiger charge is 2.72. The Bertz CT molecular complexity index is 531. The topological polar surface area (TPSA) is 38.3 Å². The molecule has 1 fully saturated rings. The summed E-state index contributed by atoms with van der Waals surface area (Å²) >= 11 is 12.1. The second-order valence-corrected chi connectivity index (χ2v) is 6.84. The molecule has 0 bridgehead atoms. The van der Waals surface area contributed by atoms with E-state index in [1.54, 1.807) is 18.2 Å². The Morgan fingerprint density at radius 1 is 1.29 bits per heavy atom. The Morgan fingerprint density at radius 2 is 1.90 bits per heavy atom. The molecule has 1 aromatic rings. The highest BCUT2D eigenvalue weighted by atomic mass is 35.5. The van der Waals surface area contributed by atoms with Crippen LogP contribution in [0.2, 0.25) is 0 Å². The molecule has 0 aromatic heterocycles. The number of rotatable bonds is 2. The molecule has 0 unspecified atom stereocenters. The first-order valence-corrected chi connectivity index (χ1v) is 7.54. The number of carbonyl (C=O) groups excluding carboxylic acids is 1. The Balaban J connectivity index is 2.31. The van der Waals surface area contributed by atoms with Crippen LogP contribution in [0.5, 0.6) is 0 Å². The van der Waals surface area contributed by atoms with Gasteiger partial charge in [0, 0.05) is 11.4 Å². The monoisotopic (exact) mass is 359 g/mol. The zero-order valence-corrected chi connectivity index (χ0v) is 12.7. The van der Waals surface area contributed by atoms with Gasteiger partial charge in [-0.15, -0.1) is 11.8 Å². The number of benzene rings is 1. The van der Waals surface area contributed by atoms with Gasteiger partial charge in [0.2, 0.25) is 4.21 Å². The van der Waals surface area contributed by atoms with E-state index >= 15 is 0 Å². The normalized spacial score (nSPS) is 30.0. The number of halogens is 5. The van der Waals surface area contributed by atoms with Gasteiger partial charge in [0.1, 0.15) is 0 Å². The minimum Gasteiger partial charge on any atom is -0.348 e. The molecule has 1 aliphatic rings. The maximum Gasteiger partial charge on any atom is 0.435 e. The number of anilines is 1. The summed E-state index contributed by atoms with van der Waals surface area (Å²) in [7, 11) is 0. The Labute approximate surface area is 133 Å². The molecule has 0 saturated carbocycles. The summed E-state index contributed by atoms with van der Waals surface area (Å²) in [5.41, 5.74) is 0.315. The number of amides is 1. The standard InChI is InChI=1S/C12H10Cl2F3NO2S/c13-10(9(19)18-8-4-2-1-3-5-8)11(14,12(15,16)17)20-6-7-21-10/h1-5H,6-7H2,(H,18,19)/t10-,11+/m1/s1. The average molecular weight is 360 g/mol. The third-order valence-electron chi connectivity index (χ3n) is 2.79. The number of hydrogen-bond donors (Lipinski definition) is 1. The van der Waals surface area contributed by atoms with E-state index in [-0.39, 0.29) is 12.4 Å². The van der Waals surface area contributed by atoms with Crippen LogP contribution in [0.3, 0.4) is 0 Å². The van der Waals surface area contributed by atoms with E-state index in [1.807, 2.05) is 0 Å². The molecule has 1 N–H and O–H groups in total. The largest absolute Gasteiger partial charge is 0.435 e. The van der Waals surface area contributed by atoms with Crippen molar-refractivity contribution in [2.45, 2.75) is 15.4 Å². The zero-order valence-electron chi connectivity index (χ0n) is 10.4. The molecular weight excluding hydrogens is 350 g/mol. The number of carbonyl (C=O) groups is 1. The van der Waals surface area contributed by atoms with Gasteiger partial charge in [-0.25, -0.2) is 0 Å². The molecule has 1 aliphatic heterocycles. The van der Waals surface area contributed by atoms with Gasteiger partial charge in [0.15, 0.2) is 0 Å². The lowest BCUT2D eigenvalue weighted by Gasteiger charge is -2.43. The van der Waals surface area contributed by atoms with Crippen molar-refractivity contribution in [2.24, 2.45) is 0 Å².